The van der Waals surface area contributed by atoms with Crippen molar-refractivity contribution in [1.82, 2.24) is 9.88 Å². The third-order valence-corrected chi connectivity index (χ3v) is 4.26. The van der Waals surface area contributed by atoms with Gasteiger partial charge in [0, 0.05) is 24.5 Å². The Labute approximate surface area is 132 Å². The monoisotopic (exact) mass is 323 g/mol. The van der Waals surface area contributed by atoms with Gasteiger partial charge >= 0.3 is 0 Å². The van der Waals surface area contributed by atoms with Crippen molar-refractivity contribution in [2.24, 2.45) is 0 Å². The topological polar surface area (TPSA) is 62.1 Å². The number of amides is 1. The Bertz CT molecular complexity index is 679. The molecule has 1 heterocycles. The highest BCUT2D eigenvalue weighted by Crippen LogP contribution is 2.31. The van der Waals surface area contributed by atoms with Gasteiger partial charge in [0.05, 0.1) is 10.0 Å². The number of rotatable bonds is 4. The van der Waals surface area contributed by atoms with E-state index in [0.717, 1.165) is 18.4 Å². The van der Waals surface area contributed by atoms with Crippen LogP contribution in [0.1, 0.15) is 28.9 Å². The maximum absolute atomic E-state index is 12.6. The summed E-state index contributed by atoms with van der Waals surface area (Å²) in [4.78, 5) is 17.3. The van der Waals surface area contributed by atoms with Crippen molar-refractivity contribution in [3.63, 3.8) is 0 Å². The number of nitrogens with zero attached hydrogens (tertiary/aromatic N) is 1. The van der Waals surface area contributed by atoms with Crippen LogP contribution in [0.5, 0.6) is 0 Å². The summed E-state index contributed by atoms with van der Waals surface area (Å²) in [7, 11) is 0. The second-order valence-corrected chi connectivity index (χ2v) is 6.07. The van der Waals surface area contributed by atoms with Crippen LogP contribution < -0.4 is 5.73 Å². The number of benzene rings is 1. The molecule has 0 spiro atoms. The first kappa shape index (κ1) is 14.3. The molecular formula is C15H15Cl2N3O. The van der Waals surface area contributed by atoms with Crippen LogP contribution >= 0.6 is 23.2 Å². The summed E-state index contributed by atoms with van der Waals surface area (Å²) >= 11 is 12.0. The van der Waals surface area contributed by atoms with E-state index in [1.165, 1.54) is 0 Å². The minimum atomic E-state index is -0.0414. The van der Waals surface area contributed by atoms with Crippen LogP contribution in [-0.2, 0) is 6.54 Å². The molecule has 1 aromatic carbocycles. The Morgan fingerprint density at radius 2 is 2.05 bits per heavy atom. The minimum Gasteiger partial charge on any atom is -0.397 e. The summed E-state index contributed by atoms with van der Waals surface area (Å²) in [6, 6.07) is 7.39. The standard InChI is InChI=1S/C15H15Cl2N3O/c16-12-4-1-9(5-13(12)17)8-20(11-2-3-11)15(21)14-6-10(18)7-19-14/h1,4-7,11,19H,2-3,8,18H2. The van der Waals surface area contributed by atoms with Gasteiger partial charge in [0.25, 0.3) is 5.91 Å². The quantitative estimate of drug-likeness (QED) is 0.900. The van der Waals surface area contributed by atoms with Gasteiger partial charge in [0.1, 0.15) is 5.69 Å². The molecule has 3 rings (SSSR count). The number of halogens is 2. The summed E-state index contributed by atoms with van der Waals surface area (Å²) in [6.07, 6.45) is 3.68. The van der Waals surface area contributed by atoms with Crippen molar-refractivity contribution in [2.45, 2.75) is 25.4 Å². The van der Waals surface area contributed by atoms with E-state index >= 15 is 0 Å². The Morgan fingerprint density at radius 1 is 1.29 bits per heavy atom. The molecule has 21 heavy (non-hydrogen) atoms. The number of nitrogen functional groups attached to an aromatic ring is 1. The van der Waals surface area contributed by atoms with E-state index in [0.29, 0.717) is 28.0 Å². The highest BCUT2D eigenvalue weighted by molar-refractivity contribution is 6.42. The highest BCUT2D eigenvalue weighted by Gasteiger charge is 2.33. The highest BCUT2D eigenvalue weighted by atomic mass is 35.5. The largest absolute Gasteiger partial charge is 0.397 e. The van der Waals surface area contributed by atoms with Gasteiger partial charge in [-0.2, -0.15) is 0 Å². The molecule has 0 aliphatic heterocycles. The summed E-state index contributed by atoms with van der Waals surface area (Å²) in [5, 5.41) is 1.02. The molecule has 1 aliphatic carbocycles. The van der Waals surface area contributed by atoms with E-state index in [4.69, 9.17) is 28.9 Å². The lowest BCUT2D eigenvalue weighted by molar-refractivity contribution is 0.0724. The minimum absolute atomic E-state index is 0.0414. The molecule has 110 valence electrons. The predicted molar refractivity (Wildman–Crippen MR) is 84.6 cm³/mol. The first-order valence-electron chi connectivity index (χ1n) is 6.73. The fourth-order valence-electron chi connectivity index (χ4n) is 2.28. The van der Waals surface area contributed by atoms with Crippen molar-refractivity contribution in [3.8, 4) is 0 Å². The summed E-state index contributed by atoms with van der Waals surface area (Å²) < 4.78 is 0. The van der Waals surface area contributed by atoms with Gasteiger partial charge < -0.3 is 15.6 Å². The lowest BCUT2D eigenvalue weighted by Gasteiger charge is -2.22. The van der Waals surface area contributed by atoms with Crippen LogP contribution in [0.3, 0.4) is 0 Å². The molecule has 0 atom stereocenters. The number of carbonyl (C=O) groups is 1. The number of H-pyrrole nitrogens is 1. The van der Waals surface area contributed by atoms with Crippen LogP contribution in [0.2, 0.25) is 10.0 Å². The van der Waals surface area contributed by atoms with Gasteiger partial charge in [-0.05, 0) is 36.6 Å². The van der Waals surface area contributed by atoms with E-state index in [9.17, 15) is 4.79 Å². The number of nitrogens with two attached hydrogens (primary N) is 1. The molecule has 0 radical (unpaired) electrons. The van der Waals surface area contributed by atoms with Crippen molar-refractivity contribution >= 4 is 34.8 Å². The van der Waals surface area contributed by atoms with Gasteiger partial charge in [0.15, 0.2) is 0 Å². The van der Waals surface area contributed by atoms with E-state index < -0.39 is 0 Å². The zero-order valence-electron chi connectivity index (χ0n) is 11.3. The normalized spacial score (nSPS) is 14.2. The Hall–Kier alpha value is -1.65. The van der Waals surface area contributed by atoms with Crippen LogP contribution in [0.15, 0.2) is 30.5 Å². The Balaban J connectivity index is 1.81. The summed E-state index contributed by atoms with van der Waals surface area (Å²) in [5.74, 6) is -0.0414. The van der Waals surface area contributed by atoms with Crippen LogP contribution in [0.25, 0.3) is 0 Å². The molecule has 1 saturated carbocycles. The molecule has 3 N–H and O–H groups in total. The molecule has 4 nitrogen and oxygen atoms in total. The first-order valence-corrected chi connectivity index (χ1v) is 7.49. The van der Waals surface area contributed by atoms with Gasteiger partial charge in [-0.1, -0.05) is 29.3 Å². The molecule has 1 aromatic heterocycles. The van der Waals surface area contributed by atoms with Gasteiger partial charge in [-0.3, -0.25) is 4.79 Å². The molecule has 0 saturated heterocycles. The lowest BCUT2D eigenvalue weighted by Crippen LogP contribution is -2.32. The number of nitrogens with one attached hydrogen (secondary N) is 1. The molecule has 0 bridgehead atoms. The molecule has 2 aromatic rings. The van der Waals surface area contributed by atoms with Gasteiger partial charge in [-0.15, -0.1) is 0 Å². The van der Waals surface area contributed by atoms with Crippen LogP contribution in [0, 0.1) is 0 Å². The number of anilines is 1. The Morgan fingerprint density at radius 3 is 2.62 bits per heavy atom. The molecule has 1 fully saturated rings. The smallest absolute Gasteiger partial charge is 0.270 e. The number of carbonyl (C=O) groups excluding carboxylic acids is 1. The fraction of sp³-hybridized carbons (Fsp3) is 0.267. The van der Waals surface area contributed by atoms with Gasteiger partial charge in [0.2, 0.25) is 0 Å². The van der Waals surface area contributed by atoms with E-state index in [-0.39, 0.29) is 11.9 Å². The van der Waals surface area contributed by atoms with Crippen molar-refractivity contribution in [2.75, 3.05) is 5.73 Å². The van der Waals surface area contributed by atoms with Crippen molar-refractivity contribution in [1.29, 1.82) is 0 Å². The van der Waals surface area contributed by atoms with Gasteiger partial charge in [-0.25, -0.2) is 0 Å². The summed E-state index contributed by atoms with van der Waals surface area (Å²) in [6.45, 7) is 0.513. The molecular weight excluding hydrogens is 309 g/mol. The number of hydrogen-bond donors (Lipinski definition) is 2. The number of aromatic nitrogens is 1. The average molecular weight is 324 g/mol. The number of hydrogen-bond acceptors (Lipinski definition) is 2. The number of aromatic amines is 1. The molecule has 1 amide bonds. The van der Waals surface area contributed by atoms with E-state index in [1.807, 2.05) is 11.0 Å². The second kappa shape index (κ2) is 5.62. The summed E-state index contributed by atoms with van der Waals surface area (Å²) in [5.41, 5.74) is 7.70. The fourth-order valence-corrected chi connectivity index (χ4v) is 2.60. The third kappa shape index (κ3) is 3.17. The maximum atomic E-state index is 12.6. The Kier molecular flexibility index (Phi) is 3.83. The maximum Gasteiger partial charge on any atom is 0.270 e. The molecule has 1 aliphatic rings. The van der Waals surface area contributed by atoms with E-state index in [2.05, 4.69) is 4.98 Å². The zero-order valence-corrected chi connectivity index (χ0v) is 12.8. The predicted octanol–water partition coefficient (Wildman–Crippen LogP) is 3.71. The molecule has 0 unspecified atom stereocenters. The average Bonchev–Trinajstić information content (AvgIpc) is 3.20. The third-order valence-electron chi connectivity index (χ3n) is 3.52. The van der Waals surface area contributed by atoms with E-state index in [1.54, 1.807) is 24.4 Å². The van der Waals surface area contributed by atoms with Crippen molar-refractivity contribution < 1.29 is 4.79 Å². The SMILES string of the molecule is Nc1c[nH]c(C(=O)N(Cc2ccc(Cl)c(Cl)c2)C2CC2)c1. The van der Waals surface area contributed by atoms with Crippen LogP contribution in [0.4, 0.5) is 5.69 Å². The second-order valence-electron chi connectivity index (χ2n) is 5.26. The zero-order chi connectivity index (χ0) is 15.0. The lowest BCUT2D eigenvalue weighted by atomic mass is 10.2. The first-order chi connectivity index (χ1) is 10.0. The van der Waals surface area contributed by atoms with Crippen LogP contribution in [-0.4, -0.2) is 21.8 Å². The molecule has 6 heteroatoms. The van der Waals surface area contributed by atoms with Crippen molar-refractivity contribution in [3.05, 3.63) is 51.8 Å².